The summed E-state index contributed by atoms with van der Waals surface area (Å²) in [5, 5.41) is 11.8. The Bertz CT molecular complexity index is 381. The number of nitrogens with one attached hydrogen (secondary N) is 1. The van der Waals surface area contributed by atoms with Crippen LogP contribution in [0.4, 0.5) is 0 Å². The van der Waals surface area contributed by atoms with Crippen molar-refractivity contribution in [2.75, 3.05) is 13.7 Å². The number of aryl methyl sites for hydroxylation is 1. The van der Waals surface area contributed by atoms with Crippen molar-refractivity contribution in [1.29, 1.82) is 0 Å². The van der Waals surface area contributed by atoms with E-state index in [2.05, 4.69) is 29.5 Å². The van der Waals surface area contributed by atoms with E-state index in [-0.39, 0.29) is 11.6 Å². The third-order valence-corrected chi connectivity index (χ3v) is 4.16. The second-order valence-electron chi connectivity index (χ2n) is 5.44. The molecule has 1 atom stereocenters. The van der Waals surface area contributed by atoms with Gasteiger partial charge in [-0.2, -0.15) is 0 Å². The van der Waals surface area contributed by atoms with Gasteiger partial charge in [0.1, 0.15) is 0 Å². The topological polar surface area (TPSA) is 52.0 Å². The number of hydrogen-bond donors (Lipinski definition) is 1. The predicted molar refractivity (Wildman–Crippen MR) is 74.9 cm³/mol. The van der Waals surface area contributed by atoms with E-state index in [1.165, 1.54) is 25.0 Å². The summed E-state index contributed by atoms with van der Waals surface area (Å²) in [6.45, 7) is 6.18. The van der Waals surface area contributed by atoms with Gasteiger partial charge in [-0.15, -0.1) is 5.10 Å². The van der Waals surface area contributed by atoms with Crippen LogP contribution in [0.5, 0.6) is 0 Å². The molecule has 0 aliphatic heterocycles. The van der Waals surface area contributed by atoms with Crippen LogP contribution in [0.1, 0.15) is 57.7 Å². The Kier molecular flexibility index (Phi) is 4.93. The standard InChI is InChI=1S/C14H26N4O/c1-4-9-18-13(11-16-17-18)12(15-5-2)10-14(19-3)7-6-8-14/h11-12,15H,4-10H2,1-3H3. The highest BCUT2D eigenvalue weighted by Crippen LogP contribution is 2.41. The average molecular weight is 266 g/mol. The molecule has 19 heavy (non-hydrogen) atoms. The maximum absolute atomic E-state index is 5.76. The highest BCUT2D eigenvalue weighted by atomic mass is 16.5. The molecule has 1 aromatic heterocycles. The van der Waals surface area contributed by atoms with Gasteiger partial charge in [0, 0.05) is 13.7 Å². The Morgan fingerprint density at radius 2 is 2.26 bits per heavy atom. The molecule has 1 fully saturated rings. The summed E-state index contributed by atoms with van der Waals surface area (Å²) >= 11 is 0. The van der Waals surface area contributed by atoms with Gasteiger partial charge in [-0.3, -0.25) is 0 Å². The molecular formula is C14H26N4O. The quantitative estimate of drug-likeness (QED) is 0.784. The molecule has 0 bridgehead atoms. The first-order valence-electron chi connectivity index (χ1n) is 7.41. The Balaban J connectivity index is 2.12. The van der Waals surface area contributed by atoms with Crippen LogP contribution in [0.3, 0.4) is 0 Å². The minimum Gasteiger partial charge on any atom is -0.378 e. The van der Waals surface area contributed by atoms with Gasteiger partial charge in [0.2, 0.25) is 0 Å². The molecule has 5 nitrogen and oxygen atoms in total. The van der Waals surface area contributed by atoms with Crippen molar-refractivity contribution in [1.82, 2.24) is 20.3 Å². The van der Waals surface area contributed by atoms with Crippen molar-refractivity contribution in [2.45, 2.75) is 64.1 Å². The lowest BCUT2D eigenvalue weighted by atomic mass is 9.75. The SMILES string of the molecule is CCCn1nncc1C(CC1(OC)CCC1)NCC. The third kappa shape index (κ3) is 3.15. The van der Waals surface area contributed by atoms with Crippen molar-refractivity contribution in [3.8, 4) is 0 Å². The monoisotopic (exact) mass is 266 g/mol. The minimum absolute atomic E-state index is 0.0636. The van der Waals surface area contributed by atoms with Crippen molar-refractivity contribution in [3.05, 3.63) is 11.9 Å². The highest BCUT2D eigenvalue weighted by molar-refractivity contribution is 5.06. The molecule has 0 radical (unpaired) electrons. The maximum atomic E-state index is 5.76. The molecule has 1 heterocycles. The molecule has 1 N–H and O–H groups in total. The van der Waals surface area contributed by atoms with Crippen LogP contribution in [-0.4, -0.2) is 34.2 Å². The van der Waals surface area contributed by atoms with E-state index >= 15 is 0 Å². The first kappa shape index (κ1) is 14.5. The van der Waals surface area contributed by atoms with Crippen LogP contribution in [0.15, 0.2) is 6.20 Å². The molecular weight excluding hydrogens is 240 g/mol. The number of ether oxygens (including phenoxy) is 1. The van der Waals surface area contributed by atoms with Gasteiger partial charge in [0.15, 0.2) is 0 Å². The number of methoxy groups -OCH3 is 1. The average Bonchev–Trinajstić information content (AvgIpc) is 2.81. The summed E-state index contributed by atoms with van der Waals surface area (Å²) in [6.07, 6.45) is 7.59. The highest BCUT2D eigenvalue weighted by Gasteiger charge is 2.39. The fourth-order valence-electron chi connectivity index (χ4n) is 2.88. The molecule has 108 valence electrons. The van der Waals surface area contributed by atoms with E-state index in [0.29, 0.717) is 0 Å². The van der Waals surface area contributed by atoms with E-state index in [0.717, 1.165) is 25.9 Å². The number of rotatable bonds is 8. The molecule has 1 aromatic rings. The molecule has 0 aromatic carbocycles. The van der Waals surface area contributed by atoms with Crippen LogP contribution < -0.4 is 5.32 Å². The summed E-state index contributed by atoms with van der Waals surface area (Å²) in [5.41, 5.74) is 1.25. The van der Waals surface area contributed by atoms with Gasteiger partial charge in [-0.05, 0) is 38.6 Å². The second-order valence-corrected chi connectivity index (χ2v) is 5.44. The van der Waals surface area contributed by atoms with Gasteiger partial charge < -0.3 is 10.1 Å². The van der Waals surface area contributed by atoms with E-state index in [1.54, 1.807) is 0 Å². The molecule has 1 aliphatic rings. The predicted octanol–water partition coefficient (Wildman–Crippen LogP) is 2.30. The Labute approximate surface area is 115 Å². The summed E-state index contributed by atoms with van der Waals surface area (Å²) in [4.78, 5) is 0. The number of nitrogens with zero attached hydrogens (tertiary/aromatic N) is 3. The minimum atomic E-state index is 0.0636. The molecule has 5 heteroatoms. The smallest absolute Gasteiger partial charge is 0.0757 e. The van der Waals surface area contributed by atoms with E-state index in [9.17, 15) is 0 Å². The molecule has 1 unspecified atom stereocenters. The third-order valence-electron chi connectivity index (χ3n) is 4.16. The van der Waals surface area contributed by atoms with Gasteiger partial charge in [0.25, 0.3) is 0 Å². The summed E-state index contributed by atoms with van der Waals surface area (Å²) < 4.78 is 7.78. The van der Waals surface area contributed by atoms with Crippen LogP contribution in [0.25, 0.3) is 0 Å². The molecule has 0 saturated heterocycles. The zero-order chi connectivity index (χ0) is 13.7. The lowest BCUT2D eigenvalue weighted by molar-refractivity contribution is -0.0841. The zero-order valence-electron chi connectivity index (χ0n) is 12.4. The summed E-state index contributed by atoms with van der Waals surface area (Å²) in [5.74, 6) is 0. The van der Waals surface area contributed by atoms with Gasteiger partial charge >= 0.3 is 0 Å². The Morgan fingerprint density at radius 1 is 1.47 bits per heavy atom. The first-order chi connectivity index (χ1) is 9.24. The summed E-state index contributed by atoms with van der Waals surface area (Å²) in [7, 11) is 1.84. The van der Waals surface area contributed by atoms with Crippen molar-refractivity contribution >= 4 is 0 Å². The lowest BCUT2D eigenvalue weighted by Crippen LogP contribution is -2.43. The normalized spacial score (nSPS) is 19.1. The van der Waals surface area contributed by atoms with Crippen LogP contribution >= 0.6 is 0 Å². The molecule has 2 rings (SSSR count). The Morgan fingerprint density at radius 3 is 2.79 bits per heavy atom. The van der Waals surface area contributed by atoms with Gasteiger partial charge in [0.05, 0.1) is 23.5 Å². The van der Waals surface area contributed by atoms with E-state index in [4.69, 9.17) is 4.74 Å². The van der Waals surface area contributed by atoms with Crippen molar-refractivity contribution < 1.29 is 4.74 Å². The van der Waals surface area contributed by atoms with Gasteiger partial charge in [-0.25, -0.2) is 4.68 Å². The Hall–Kier alpha value is -0.940. The first-order valence-corrected chi connectivity index (χ1v) is 7.41. The van der Waals surface area contributed by atoms with E-state index in [1.807, 2.05) is 18.0 Å². The largest absolute Gasteiger partial charge is 0.378 e. The van der Waals surface area contributed by atoms with Crippen molar-refractivity contribution in [2.24, 2.45) is 0 Å². The molecule has 1 aliphatic carbocycles. The number of hydrogen-bond acceptors (Lipinski definition) is 4. The maximum Gasteiger partial charge on any atom is 0.0757 e. The van der Waals surface area contributed by atoms with Crippen LogP contribution in [0.2, 0.25) is 0 Å². The molecule has 1 saturated carbocycles. The molecule has 0 amide bonds. The van der Waals surface area contributed by atoms with Crippen LogP contribution in [-0.2, 0) is 11.3 Å². The fraction of sp³-hybridized carbons (Fsp3) is 0.857. The second kappa shape index (κ2) is 6.48. The van der Waals surface area contributed by atoms with Crippen LogP contribution in [0, 0.1) is 0 Å². The van der Waals surface area contributed by atoms with Gasteiger partial charge in [-0.1, -0.05) is 19.1 Å². The van der Waals surface area contributed by atoms with E-state index < -0.39 is 0 Å². The van der Waals surface area contributed by atoms with Crippen molar-refractivity contribution in [3.63, 3.8) is 0 Å². The molecule has 0 spiro atoms. The zero-order valence-corrected chi connectivity index (χ0v) is 12.4. The summed E-state index contributed by atoms with van der Waals surface area (Å²) in [6, 6.07) is 0.284. The number of aromatic nitrogens is 3. The lowest BCUT2D eigenvalue weighted by Gasteiger charge is -2.42. The fourth-order valence-corrected chi connectivity index (χ4v) is 2.88.